The summed E-state index contributed by atoms with van der Waals surface area (Å²) in [4.78, 5) is 27.6. The van der Waals surface area contributed by atoms with Crippen molar-refractivity contribution in [3.8, 4) is 11.1 Å². The van der Waals surface area contributed by atoms with Crippen molar-refractivity contribution in [3.63, 3.8) is 0 Å². The van der Waals surface area contributed by atoms with E-state index >= 15 is 0 Å². The highest BCUT2D eigenvalue weighted by Gasteiger charge is 2.29. The van der Waals surface area contributed by atoms with Crippen molar-refractivity contribution in [3.05, 3.63) is 83.0 Å². The second-order valence-corrected chi connectivity index (χ2v) is 6.59. The molecule has 0 aliphatic heterocycles. The predicted octanol–water partition coefficient (Wildman–Crippen LogP) is 4.45. The van der Waals surface area contributed by atoms with E-state index in [1.54, 1.807) is 6.92 Å². The molecule has 0 spiro atoms. The Kier molecular flexibility index (Phi) is 4.53. The third-order valence-electron chi connectivity index (χ3n) is 5.00. The van der Waals surface area contributed by atoms with Gasteiger partial charge in [-0.25, -0.2) is 14.6 Å². The lowest BCUT2D eigenvalue weighted by Gasteiger charge is -2.15. The van der Waals surface area contributed by atoms with Crippen LogP contribution in [0.1, 0.15) is 33.0 Å². The van der Waals surface area contributed by atoms with Crippen LogP contribution in [0.5, 0.6) is 0 Å². The van der Waals surface area contributed by atoms with Crippen molar-refractivity contribution in [1.29, 1.82) is 0 Å². The number of hydrogen-bond acceptors (Lipinski definition) is 4. The Hall–Kier alpha value is -3.67. The molecule has 0 bridgehead atoms. The van der Waals surface area contributed by atoms with Crippen molar-refractivity contribution < 1.29 is 19.4 Å². The zero-order valence-corrected chi connectivity index (χ0v) is 15.2. The van der Waals surface area contributed by atoms with E-state index in [9.17, 15) is 14.7 Å². The molecule has 0 unspecified atom stereocenters. The van der Waals surface area contributed by atoms with E-state index < -0.39 is 12.1 Å². The number of hydrogen-bond donors (Lipinski definition) is 2. The minimum absolute atomic E-state index is 0.0439. The van der Waals surface area contributed by atoms with Crippen LogP contribution in [0.4, 0.5) is 10.6 Å². The number of carbonyl (C=O) groups excluding carboxylic acids is 1. The van der Waals surface area contributed by atoms with E-state index in [1.165, 1.54) is 12.3 Å². The zero-order chi connectivity index (χ0) is 19.7. The zero-order valence-electron chi connectivity index (χ0n) is 15.2. The van der Waals surface area contributed by atoms with Crippen molar-refractivity contribution in [2.75, 3.05) is 11.9 Å². The summed E-state index contributed by atoms with van der Waals surface area (Å²) in [5, 5.41) is 11.7. The van der Waals surface area contributed by atoms with E-state index in [0.717, 1.165) is 22.3 Å². The molecule has 1 aliphatic rings. The van der Waals surface area contributed by atoms with Crippen molar-refractivity contribution in [1.82, 2.24) is 4.98 Å². The molecule has 1 aromatic heterocycles. The second kappa shape index (κ2) is 7.15. The molecule has 6 heteroatoms. The molecule has 2 aromatic carbocycles. The summed E-state index contributed by atoms with van der Waals surface area (Å²) in [5.41, 5.74) is 5.02. The van der Waals surface area contributed by atoms with E-state index in [1.807, 2.05) is 36.4 Å². The summed E-state index contributed by atoms with van der Waals surface area (Å²) in [6.07, 6.45) is 0.676. The number of amides is 1. The molecule has 0 atom stereocenters. The minimum atomic E-state index is -1.07. The van der Waals surface area contributed by atoms with Crippen LogP contribution < -0.4 is 5.32 Å². The van der Waals surface area contributed by atoms with Gasteiger partial charge in [0, 0.05) is 17.7 Å². The second-order valence-electron chi connectivity index (χ2n) is 6.59. The van der Waals surface area contributed by atoms with Gasteiger partial charge in [0.1, 0.15) is 12.4 Å². The molecule has 0 fully saturated rings. The van der Waals surface area contributed by atoms with E-state index in [4.69, 9.17) is 4.74 Å². The standard InChI is InChI=1S/C22H18N2O4/c1-13-14(21(25)26)10-11-23-20(13)24-22(27)28-12-19-17-8-4-2-6-15(17)16-7-3-5-9-18(16)19/h2-11,19H,12H2,1H3,(H,25,26)(H,23,24,27). The molecule has 2 N–H and O–H groups in total. The van der Waals surface area contributed by atoms with Gasteiger partial charge in [-0.15, -0.1) is 0 Å². The third kappa shape index (κ3) is 3.09. The number of nitrogens with one attached hydrogen (secondary N) is 1. The Balaban J connectivity index is 1.50. The molecule has 1 heterocycles. The van der Waals surface area contributed by atoms with E-state index in [2.05, 4.69) is 22.4 Å². The number of aromatic nitrogens is 1. The van der Waals surface area contributed by atoms with Crippen LogP contribution >= 0.6 is 0 Å². The van der Waals surface area contributed by atoms with Gasteiger partial charge in [-0.3, -0.25) is 5.32 Å². The number of fused-ring (bicyclic) bond motifs is 3. The van der Waals surface area contributed by atoms with Gasteiger partial charge in [-0.2, -0.15) is 0 Å². The first kappa shape index (κ1) is 17.7. The maximum atomic E-state index is 12.3. The highest BCUT2D eigenvalue weighted by Crippen LogP contribution is 2.44. The van der Waals surface area contributed by atoms with Crippen molar-refractivity contribution >= 4 is 17.9 Å². The number of nitrogens with zero attached hydrogens (tertiary/aromatic N) is 1. The number of rotatable bonds is 4. The molecule has 6 nitrogen and oxygen atoms in total. The number of ether oxygens (including phenoxy) is 1. The lowest BCUT2D eigenvalue weighted by molar-refractivity contribution is 0.0696. The summed E-state index contributed by atoms with van der Waals surface area (Å²) in [7, 11) is 0. The highest BCUT2D eigenvalue weighted by molar-refractivity contribution is 5.93. The molecule has 3 aromatic rings. The van der Waals surface area contributed by atoms with E-state index in [-0.39, 0.29) is 23.9 Å². The SMILES string of the molecule is Cc1c(C(=O)O)ccnc1NC(=O)OCC1c2ccccc2-c2ccccc21. The number of carboxylic acids is 1. The highest BCUT2D eigenvalue weighted by atomic mass is 16.5. The van der Waals surface area contributed by atoms with Crippen LogP contribution in [-0.2, 0) is 4.74 Å². The number of benzene rings is 2. The average molecular weight is 374 g/mol. The molecular formula is C22H18N2O4. The lowest BCUT2D eigenvalue weighted by Crippen LogP contribution is -2.19. The quantitative estimate of drug-likeness (QED) is 0.704. The first-order chi connectivity index (χ1) is 13.6. The molecular weight excluding hydrogens is 356 g/mol. The third-order valence-corrected chi connectivity index (χ3v) is 5.00. The maximum Gasteiger partial charge on any atom is 0.412 e. The van der Waals surface area contributed by atoms with Gasteiger partial charge in [-0.05, 0) is 35.2 Å². The fourth-order valence-corrected chi connectivity index (χ4v) is 3.62. The predicted molar refractivity (Wildman–Crippen MR) is 105 cm³/mol. The summed E-state index contributed by atoms with van der Waals surface area (Å²) in [6.45, 7) is 1.77. The maximum absolute atomic E-state index is 12.3. The summed E-state index contributed by atoms with van der Waals surface area (Å²) >= 11 is 0. The molecule has 0 saturated carbocycles. The van der Waals surface area contributed by atoms with Gasteiger partial charge >= 0.3 is 12.1 Å². The number of aromatic carboxylic acids is 1. The van der Waals surface area contributed by atoms with Gasteiger partial charge in [0.25, 0.3) is 0 Å². The van der Waals surface area contributed by atoms with Crippen LogP contribution in [0.3, 0.4) is 0 Å². The smallest absolute Gasteiger partial charge is 0.412 e. The van der Waals surface area contributed by atoms with Crippen LogP contribution in [0, 0.1) is 6.92 Å². The Morgan fingerprint density at radius 1 is 1.04 bits per heavy atom. The van der Waals surface area contributed by atoms with Gasteiger partial charge < -0.3 is 9.84 Å². The Labute approximate surface area is 161 Å². The molecule has 1 aliphatic carbocycles. The van der Waals surface area contributed by atoms with Crippen LogP contribution in [0.2, 0.25) is 0 Å². The van der Waals surface area contributed by atoms with Crippen LogP contribution in [0.15, 0.2) is 60.8 Å². The molecule has 28 heavy (non-hydrogen) atoms. The van der Waals surface area contributed by atoms with Gasteiger partial charge in [-0.1, -0.05) is 48.5 Å². The van der Waals surface area contributed by atoms with E-state index in [0.29, 0.717) is 5.56 Å². The number of anilines is 1. The molecule has 0 radical (unpaired) electrons. The number of pyridine rings is 1. The number of carbonyl (C=O) groups is 2. The summed E-state index contributed by atoms with van der Waals surface area (Å²) in [5.74, 6) is -0.940. The Morgan fingerprint density at radius 3 is 2.25 bits per heavy atom. The van der Waals surface area contributed by atoms with Crippen LogP contribution in [0.25, 0.3) is 11.1 Å². The van der Waals surface area contributed by atoms with Gasteiger partial charge in [0.2, 0.25) is 0 Å². The van der Waals surface area contributed by atoms with Crippen molar-refractivity contribution in [2.45, 2.75) is 12.8 Å². The fraction of sp³-hybridized carbons (Fsp3) is 0.136. The van der Waals surface area contributed by atoms with Gasteiger partial charge in [0.15, 0.2) is 0 Å². The molecule has 140 valence electrons. The summed E-state index contributed by atoms with van der Waals surface area (Å²) in [6, 6.07) is 17.6. The monoisotopic (exact) mass is 374 g/mol. The van der Waals surface area contributed by atoms with Crippen LogP contribution in [-0.4, -0.2) is 28.8 Å². The van der Waals surface area contributed by atoms with Crippen molar-refractivity contribution in [2.24, 2.45) is 0 Å². The molecule has 4 rings (SSSR count). The minimum Gasteiger partial charge on any atom is -0.478 e. The normalized spacial score (nSPS) is 12.2. The molecule has 0 saturated heterocycles. The van der Waals surface area contributed by atoms with Gasteiger partial charge in [0.05, 0.1) is 5.56 Å². The Bertz CT molecular complexity index is 1030. The summed E-state index contributed by atoms with van der Waals surface area (Å²) < 4.78 is 5.46. The average Bonchev–Trinajstić information content (AvgIpc) is 3.02. The fourth-order valence-electron chi connectivity index (χ4n) is 3.62. The lowest BCUT2D eigenvalue weighted by atomic mass is 9.98. The Morgan fingerprint density at radius 2 is 1.64 bits per heavy atom. The first-order valence-corrected chi connectivity index (χ1v) is 8.87. The molecule has 1 amide bonds. The topological polar surface area (TPSA) is 88.5 Å². The number of carboxylic acid groups (broad SMARTS) is 1. The largest absolute Gasteiger partial charge is 0.478 e. The first-order valence-electron chi connectivity index (χ1n) is 8.87.